The maximum absolute atomic E-state index is 13.7. The summed E-state index contributed by atoms with van der Waals surface area (Å²) >= 11 is 14.3. The number of benzene rings is 3. The van der Waals surface area contributed by atoms with Crippen molar-refractivity contribution in [1.29, 1.82) is 0 Å². The fourth-order valence-corrected chi connectivity index (χ4v) is 6.30. The highest BCUT2D eigenvalue weighted by Crippen LogP contribution is 2.43. The van der Waals surface area contributed by atoms with Gasteiger partial charge in [-0.25, -0.2) is 4.98 Å². The third-order valence-electron chi connectivity index (χ3n) is 6.79. The normalized spacial score (nSPS) is 14.3. The van der Waals surface area contributed by atoms with Crippen LogP contribution in [0.15, 0.2) is 76.3 Å². The lowest BCUT2D eigenvalue weighted by molar-refractivity contribution is 0.282. The van der Waals surface area contributed by atoms with E-state index in [0.29, 0.717) is 39.3 Å². The van der Waals surface area contributed by atoms with Crippen molar-refractivity contribution in [2.24, 2.45) is 5.10 Å². The molecule has 1 aliphatic rings. The minimum absolute atomic E-state index is 0.185. The van der Waals surface area contributed by atoms with Gasteiger partial charge in [0.05, 0.1) is 28.7 Å². The molecule has 0 amide bonds. The van der Waals surface area contributed by atoms with Gasteiger partial charge in [0.2, 0.25) is 0 Å². The molecule has 0 atom stereocenters. The Morgan fingerprint density at radius 1 is 0.974 bits per heavy atom. The van der Waals surface area contributed by atoms with Crippen molar-refractivity contribution in [3.8, 4) is 11.5 Å². The molecule has 0 radical (unpaired) electrons. The summed E-state index contributed by atoms with van der Waals surface area (Å²) in [6.07, 6.45) is 7.12. The van der Waals surface area contributed by atoms with E-state index in [4.69, 9.17) is 14.5 Å². The van der Waals surface area contributed by atoms with E-state index in [0.717, 1.165) is 50.2 Å². The van der Waals surface area contributed by atoms with E-state index >= 15 is 0 Å². The molecule has 1 aromatic heterocycles. The lowest BCUT2D eigenvalue weighted by atomic mass is 9.88. The molecule has 0 N–H and O–H groups in total. The minimum Gasteiger partial charge on any atom is -0.493 e. The van der Waals surface area contributed by atoms with E-state index in [1.54, 1.807) is 19.4 Å². The molecule has 4 aromatic rings. The van der Waals surface area contributed by atoms with Crippen molar-refractivity contribution < 1.29 is 9.47 Å². The van der Waals surface area contributed by atoms with Crippen molar-refractivity contribution in [3.63, 3.8) is 0 Å². The van der Waals surface area contributed by atoms with Crippen LogP contribution in [0.4, 0.5) is 0 Å². The zero-order valence-electron chi connectivity index (χ0n) is 21.1. The second kappa shape index (κ2) is 12.7. The van der Waals surface area contributed by atoms with E-state index < -0.39 is 0 Å². The summed E-state index contributed by atoms with van der Waals surface area (Å²) in [5.74, 6) is 2.02. The van der Waals surface area contributed by atoms with Crippen LogP contribution in [-0.4, -0.2) is 23.0 Å². The van der Waals surface area contributed by atoms with Gasteiger partial charge in [-0.05, 0) is 86.7 Å². The van der Waals surface area contributed by atoms with Gasteiger partial charge in [0.1, 0.15) is 12.4 Å². The first-order valence-electron chi connectivity index (χ1n) is 12.6. The quantitative estimate of drug-likeness (QED) is 0.176. The molecular formula is C29H25Br4N3O3. The number of hydrogen-bond acceptors (Lipinski definition) is 5. The molecule has 1 aliphatic carbocycles. The van der Waals surface area contributed by atoms with Crippen LogP contribution in [0.3, 0.4) is 0 Å². The van der Waals surface area contributed by atoms with Crippen LogP contribution in [0.1, 0.15) is 55.0 Å². The summed E-state index contributed by atoms with van der Waals surface area (Å²) in [5, 5.41) is 5.21. The van der Waals surface area contributed by atoms with Gasteiger partial charge >= 0.3 is 0 Å². The van der Waals surface area contributed by atoms with E-state index in [1.807, 2.05) is 42.5 Å². The van der Waals surface area contributed by atoms with Gasteiger partial charge < -0.3 is 9.47 Å². The molecule has 3 aromatic carbocycles. The fraction of sp³-hybridized carbons (Fsp3) is 0.276. The van der Waals surface area contributed by atoms with Gasteiger partial charge in [0.15, 0.2) is 11.5 Å². The molecule has 5 rings (SSSR count). The van der Waals surface area contributed by atoms with Crippen molar-refractivity contribution in [1.82, 2.24) is 9.66 Å². The van der Waals surface area contributed by atoms with Crippen LogP contribution in [0.25, 0.3) is 10.9 Å². The highest BCUT2D eigenvalue weighted by molar-refractivity contribution is 9.13. The van der Waals surface area contributed by atoms with Gasteiger partial charge in [0, 0.05) is 24.9 Å². The van der Waals surface area contributed by atoms with Gasteiger partial charge in [-0.3, -0.25) is 4.79 Å². The lowest BCUT2D eigenvalue weighted by Crippen LogP contribution is -2.25. The van der Waals surface area contributed by atoms with Crippen LogP contribution < -0.4 is 15.0 Å². The highest BCUT2D eigenvalue weighted by atomic mass is 79.9. The van der Waals surface area contributed by atoms with Crippen molar-refractivity contribution >= 4 is 80.8 Å². The van der Waals surface area contributed by atoms with Crippen LogP contribution >= 0.6 is 63.7 Å². The Hall–Kier alpha value is -2.01. The Bertz CT molecular complexity index is 1600. The number of aromatic nitrogens is 2. The Kier molecular flexibility index (Phi) is 9.26. The fourth-order valence-electron chi connectivity index (χ4n) is 4.74. The van der Waals surface area contributed by atoms with E-state index in [-0.39, 0.29) is 11.5 Å². The number of hydrogen-bond donors (Lipinski definition) is 0. The topological polar surface area (TPSA) is 65.7 Å². The summed E-state index contributed by atoms with van der Waals surface area (Å²) in [6, 6.07) is 15.4. The van der Waals surface area contributed by atoms with Crippen LogP contribution in [0, 0.1) is 0 Å². The molecular weight excluding hydrogens is 758 g/mol. The summed E-state index contributed by atoms with van der Waals surface area (Å²) in [4.78, 5) is 18.6. The average molecular weight is 783 g/mol. The monoisotopic (exact) mass is 779 g/mol. The molecule has 0 aliphatic heterocycles. The first-order chi connectivity index (χ1) is 18.9. The molecule has 10 heteroatoms. The summed E-state index contributed by atoms with van der Waals surface area (Å²) in [5.41, 5.74) is 2.26. The first-order valence-corrected chi connectivity index (χ1v) is 15.7. The summed E-state index contributed by atoms with van der Waals surface area (Å²) in [7, 11) is 1.60. The number of nitrogens with zero attached hydrogens (tertiary/aromatic N) is 3. The number of fused-ring (bicyclic) bond motifs is 1. The molecule has 0 bridgehead atoms. The highest BCUT2D eigenvalue weighted by Gasteiger charge is 2.23. The maximum atomic E-state index is 13.7. The Labute approximate surface area is 260 Å². The maximum Gasteiger partial charge on any atom is 0.282 e. The Morgan fingerprint density at radius 3 is 2.41 bits per heavy atom. The minimum atomic E-state index is -0.185. The SMILES string of the molecule is COc1cc(C=Nn2c(C3CCCCC3)nc3ccc(Br)cc3c2=O)c(Br)c(Br)c1OCc1ccc(Br)cc1. The van der Waals surface area contributed by atoms with Gasteiger partial charge in [-0.2, -0.15) is 9.78 Å². The molecule has 0 saturated heterocycles. The second-order valence-electron chi connectivity index (χ2n) is 9.37. The predicted octanol–water partition coefficient (Wildman–Crippen LogP) is 8.96. The third kappa shape index (κ3) is 6.34. The molecule has 1 heterocycles. The molecule has 0 spiro atoms. The molecule has 1 saturated carbocycles. The largest absolute Gasteiger partial charge is 0.493 e. The zero-order chi connectivity index (χ0) is 27.5. The first kappa shape index (κ1) is 28.5. The zero-order valence-corrected chi connectivity index (χ0v) is 27.4. The van der Waals surface area contributed by atoms with E-state index in [2.05, 4.69) is 68.8 Å². The Morgan fingerprint density at radius 2 is 1.69 bits per heavy atom. The second-order valence-corrected chi connectivity index (χ2v) is 12.8. The number of methoxy groups -OCH3 is 1. The van der Waals surface area contributed by atoms with Gasteiger partial charge in [-0.15, -0.1) is 0 Å². The molecule has 0 unspecified atom stereocenters. The summed E-state index contributed by atoms with van der Waals surface area (Å²) in [6.45, 7) is 0.376. The molecule has 39 heavy (non-hydrogen) atoms. The predicted molar refractivity (Wildman–Crippen MR) is 169 cm³/mol. The van der Waals surface area contributed by atoms with Gasteiger partial charge in [-0.1, -0.05) is 63.3 Å². The van der Waals surface area contributed by atoms with Crippen molar-refractivity contribution in [3.05, 3.63) is 93.7 Å². The van der Waals surface area contributed by atoms with Crippen LogP contribution in [0.5, 0.6) is 11.5 Å². The average Bonchev–Trinajstić information content (AvgIpc) is 2.95. The number of halogens is 4. The molecule has 1 fully saturated rings. The van der Waals surface area contributed by atoms with Gasteiger partial charge in [0.25, 0.3) is 5.56 Å². The Balaban J connectivity index is 1.53. The van der Waals surface area contributed by atoms with E-state index in [9.17, 15) is 4.79 Å². The number of ether oxygens (including phenoxy) is 2. The molecule has 6 nitrogen and oxygen atoms in total. The van der Waals surface area contributed by atoms with Crippen molar-refractivity contribution in [2.45, 2.75) is 44.6 Å². The lowest BCUT2D eigenvalue weighted by Gasteiger charge is -2.22. The third-order valence-corrected chi connectivity index (χ3v) is 9.95. The van der Waals surface area contributed by atoms with E-state index in [1.165, 1.54) is 11.1 Å². The van der Waals surface area contributed by atoms with Crippen LogP contribution in [-0.2, 0) is 6.61 Å². The standard InChI is InChI=1S/C29H25Br4N3O3/c1-38-24-13-19(25(32)26(33)27(24)39-16-17-7-9-20(30)10-8-17)15-34-36-28(18-5-3-2-4-6-18)35-23-12-11-21(31)14-22(23)29(36)37/h7-15,18H,2-6,16H2,1H3. The molecule has 202 valence electrons. The van der Waals surface area contributed by atoms with Crippen LogP contribution in [0.2, 0.25) is 0 Å². The summed E-state index contributed by atoms with van der Waals surface area (Å²) < 4.78 is 16.5. The van der Waals surface area contributed by atoms with Crippen molar-refractivity contribution in [2.75, 3.05) is 7.11 Å². The smallest absolute Gasteiger partial charge is 0.282 e. The number of rotatable bonds is 7.